The molecule has 0 aliphatic heterocycles. The van der Waals surface area contributed by atoms with Crippen LogP contribution in [0.4, 0.5) is 0 Å². The van der Waals surface area contributed by atoms with Gasteiger partial charge in [-0.15, -0.1) is 0 Å². The first-order valence-electron chi connectivity index (χ1n) is 13.8. The number of methoxy groups -OCH3 is 1. The molecule has 3 nitrogen and oxygen atoms in total. The Morgan fingerprint density at radius 1 is 1.19 bits per heavy atom. The SMILES string of the molecule is COC(C)(C)CCC[C@@]1(C)[C@H](CC=C(C)C)C[C@]2(CC=C(C)C)C(=O)[C@@]1(C(=O)C(C)C)C=CC2SC. The van der Waals surface area contributed by atoms with Gasteiger partial charge in [-0.25, -0.2) is 0 Å². The Kier molecular flexibility index (Phi) is 10.1. The highest BCUT2D eigenvalue weighted by molar-refractivity contribution is 7.99. The maximum Gasteiger partial charge on any atom is 0.158 e. The molecule has 2 bridgehead atoms. The van der Waals surface area contributed by atoms with E-state index in [0.29, 0.717) is 6.42 Å². The van der Waals surface area contributed by atoms with Gasteiger partial charge < -0.3 is 4.74 Å². The monoisotopic (exact) mass is 516 g/mol. The third-order valence-corrected chi connectivity index (χ3v) is 10.3. The van der Waals surface area contributed by atoms with E-state index in [1.807, 2.05) is 13.8 Å². The van der Waals surface area contributed by atoms with Crippen LogP contribution in [0.1, 0.15) is 101 Å². The summed E-state index contributed by atoms with van der Waals surface area (Å²) in [5.74, 6) is 0.307. The Morgan fingerprint density at radius 2 is 1.81 bits per heavy atom. The van der Waals surface area contributed by atoms with E-state index >= 15 is 0 Å². The van der Waals surface area contributed by atoms with E-state index < -0.39 is 16.2 Å². The van der Waals surface area contributed by atoms with Gasteiger partial charge in [-0.05, 0) is 97.7 Å². The summed E-state index contributed by atoms with van der Waals surface area (Å²) in [6.45, 7) is 18.9. The minimum Gasteiger partial charge on any atom is -0.379 e. The van der Waals surface area contributed by atoms with E-state index in [1.165, 1.54) is 11.1 Å². The standard InChI is InChI=1S/C32H52O3S/c1-22(2)13-14-25-21-31(19-15-23(3)4)26(36-11)16-20-32(28(31)34,27(33)24(5)6)30(25,9)18-12-17-29(7,8)35-10/h13,15-16,20,24-26H,12,14,17-19,21H2,1-11H3/t25-,26?,30+,31+,32+/m1/s1. The fourth-order valence-corrected chi connectivity index (χ4v) is 7.66. The molecule has 0 aromatic carbocycles. The number of ether oxygens (including phenoxy) is 1. The zero-order chi connectivity index (χ0) is 27.5. The second kappa shape index (κ2) is 11.7. The molecule has 5 atom stereocenters. The van der Waals surface area contributed by atoms with Gasteiger partial charge >= 0.3 is 0 Å². The molecule has 2 aliphatic rings. The Hall–Kier alpha value is -1.13. The van der Waals surface area contributed by atoms with Crippen molar-refractivity contribution in [3.63, 3.8) is 0 Å². The minimum absolute atomic E-state index is 0.0832. The predicted octanol–water partition coefficient (Wildman–Crippen LogP) is 8.39. The van der Waals surface area contributed by atoms with Crippen LogP contribution < -0.4 is 0 Å². The summed E-state index contributed by atoms with van der Waals surface area (Å²) < 4.78 is 5.71. The summed E-state index contributed by atoms with van der Waals surface area (Å²) in [4.78, 5) is 29.2. The lowest BCUT2D eigenvalue weighted by atomic mass is 9.39. The summed E-state index contributed by atoms with van der Waals surface area (Å²) in [7, 11) is 1.76. The number of carbonyl (C=O) groups is 2. The van der Waals surface area contributed by atoms with Crippen molar-refractivity contribution in [1.29, 1.82) is 0 Å². The number of hydrogen-bond donors (Lipinski definition) is 0. The van der Waals surface area contributed by atoms with E-state index in [2.05, 4.69) is 79.0 Å². The molecule has 2 rings (SSSR count). The Labute approximate surface area is 226 Å². The van der Waals surface area contributed by atoms with Crippen molar-refractivity contribution in [2.75, 3.05) is 13.4 Å². The van der Waals surface area contributed by atoms with E-state index in [9.17, 15) is 9.59 Å². The molecule has 0 aromatic rings. The van der Waals surface area contributed by atoms with Crippen LogP contribution in [-0.4, -0.2) is 35.8 Å². The molecule has 0 N–H and O–H groups in total. The Morgan fingerprint density at radius 3 is 2.31 bits per heavy atom. The van der Waals surface area contributed by atoms with Crippen molar-refractivity contribution in [2.45, 2.75) is 112 Å². The van der Waals surface area contributed by atoms with Gasteiger partial charge in [-0.1, -0.05) is 56.2 Å². The Bertz CT molecular complexity index is 902. The van der Waals surface area contributed by atoms with Gasteiger partial charge in [0.1, 0.15) is 5.41 Å². The van der Waals surface area contributed by atoms with Crippen LogP contribution >= 0.6 is 11.8 Å². The molecule has 204 valence electrons. The number of fused-ring (bicyclic) bond motifs is 2. The first kappa shape index (κ1) is 31.1. The van der Waals surface area contributed by atoms with Crippen LogP contribution in [0.5, 0.6) is 0 Å². The summed E-state index contributed by atoms with van der Waals surface area (Å²) in [6.07, 6.45) is 16.0. The molecule has 0 amide bonds. The molecule has 1 fully saturated rings. The molecule has 0 saturated heterocycles. The van der Waals surface area contributed by atoms with Gasteiger partial charge in [0.2, 0.25) is 0 Å². The first-order valence-corrected chi connectivity index (χ1v) is 15.1. The summed E-state index contributed by atoms with van der Waals surface area (Å²) in [5, 5.41) is 0.0832. The van der Waals surface area contributed by atoms with Crippen molar-refractivity contribution in [2.24, 2.45) is 28.1 Å². The average molecular weight is 517 g/mol. The van der Waals surface area contributed by atoms with Gasteiger partial charge in [0.25, 0.3) is 0 Å². The largest absolute Gasteiger partial charge is 0.379 e. The highest BCUT2D eigenvalue weighted by Gasteiger charge is 2.70. The van der Waals surface area contributed by atoms with Crippen LogP contribution in [0, 0.1) is 28.1 Å². The van der Waals surface area contributed by atoms with Crippen molar-refractivity contribution < 1.29 is 14.3 Å². The topological polar surface area (TPSA) is 43.4 Å². The summed E-state index contributed by atoms with van der Waals surface area (Å²) >= 11 is 1.76. The molecule has 2 aliphatic carbocycles. The smallest absolute Gasteiger partial charge is 0.158 e. The van der Waals surface area contributed by atoms with E-state index in [1.54, 1.807) is 18.9 Å². The zero-order valence-corrected chi connectivity index (χ0v) is 25.7. The number of carbonyl (C=O) groups excluding carboxylic acids is 2. The lowest BCUT2D eigenvalue weighted by Gasteiger charge is -2.62. The lowest BCUT2D eigenvalue weighted by molar-refractivity contribution is -0.170. The molecule has 0 radical (unpaired) electrons. The van der Waals surface area contributed by atoms with Crippen molar-refractivity contribution >= 4 is 23.3 Å². The number of allylic oxidation sites excluding steroid dienone is 5. The number of ketones is 2. The quantitative estimate of drug-likeness (QED) is 0.193. The minimum atomic E-state index is -1.08. The molecule has 1 unspecified atom stereocenters. The maximum absolute atomic E-state index is 14.9. The molecule has 0 heterocycles. The van der Waals surface area contributed by atoms with Gasteiger partial charge in [-0.2, -0.15) is 11.8 Å². The fourth-order valence-electron chi connectivity index (χ4n) is 6.68. The second-order valence-electron chi connectivity index (χ2n) is 13.0. The lowest BCUT2D eigenvalue weighted by Crippen LogP contribution is -2.67. The molecular formula is C32H52O3S. The van der Waals surface area contributed by atoms with Crippen LogP contribution in [-0.2, 0) is 14.3 Å². The van der Waals surface area contributed by atoms with E-state index in [0.717, 1.165) is 32.1 Å². The molecule has 4 heteroatoms. The molecular weight excluding hydrogens is 464 g/mol. The number of thioether (sulfide) groups is 1. The van der Waals surface area contributed by atoms with Gasteiger partial charge in [-0.3, -0.25) is 9.59 Å². The van der Waals surface area contributed by atoms with E-state index in [-0.39, 0.29) is 34.3 Å². The summed E-state index contributed by atoms with van der Waals surface area (Å²) in [5.41, 5.74) is 0.206. The highest BCUT2D eigenvalue weighted by atomic mass is 32.2. The highest BCUT2D eigenvalue weighted by Crippen LogP contribution is 2.67. The average Bonchev–Trinajstić information content (AvgIpc) is 2.79. The van der Waals surface area contributed by atoms with Crippen molar-refractivity contribution in [3.8, 4) is 0 Å². The number of rotatable bonds is 12. The summed E-state index contributed by atoms with van der Waals surface area (Å²) in [6, 6.07) is 0. The van der Waals surface area contributed by atoms with Crippen LogP contribution in [0.25, 0.3) is 0 Å². The Balaban J connectivity index is 2.79. The molecule has 1 saturated carbocycles. The maximum atomic E-state index is 14.9. The third-order valence-electron chi connectivity index (χ3n) is 9.17. The number of hydrogen-bond acceptors (Lipinski definition) is 4. The normalized spacial score (nSPS) is 31.9. The van der Waals surface area contributed by atoms with Gasteiger partial charge in [0.15, 0.2) is 11.6 Å². The van der Waals surface area contributed by atoms with Crippen molar-refractivity contribution in [3.05, 3.63) is 35.5 Å². The molecule has 0 aromatic heterocycles. The third kappa shape index (κ3) is 5.65. The number of Topliss-reactive ketones (excluding diaryl/α,β-unsaturated/α-hetero) is 2. The van der Waals surface area contributed by atoms with Crippen LogP contribution in [0.15, 0.2) is 35.5 Å². The molecule has 0 spiro atoms. The van der Waals surface area contributed by atoms with Crippen LogP contribution in [0.3, 0.4) is 0 Å². The van der Waals surface area contributed by atoms with E-state index in [4.69, 9.17) is 4.74 Å². The predicted molar refractivity (Wildman–Crippen MR) is 155 cm³/mol. The van der Waals surface area contributed by atoms with Gasteiger partial charge in [0, 0.05) is 23.7 Å². The first-order chi connectivity index (χ1) is 16.6. The molecule has 36 heavy (non-hydrogen) atoms. The van der Waals surface area contributed by atoms with Crippen molar-refractivity contribution in [1.82, 2.24) is 0 Å². The second-order valence-corrected chi connectivity index (χ2v) is 13.9. The van der Waals surface area contributed by atoms with Crippen LogP contribution in [0.2, 0.25) is 0 Å². The zero-order valence-electron chi connectivity index (χ0n) is 24.9. The van der Waals surface area contributed by atoms with Gasteiger partial charge in [0.05, 0.1) is 5.60 Å². The fraction of sp³-hybridized carbons (Fsp3) is 0.750.